The van der Waals surface area contributed by atoms with Gasteiger partial charge in [0.2, 0.25) is 0 Å². The molecule has 2 heteroatoms. The van der Waals surface area contributed by atoms with Crippen molar-refractivity contribution in [2.75, 3.05) is 6.61 Å². The first kappa shape index (κ1) is 13.3. The molecule has 0 atom stereocenters. The maximum Gasteiger partial charge on any atom is 0.194 e. The molecule has 0 aromatic heterocycles. The molecule has 0 amide bonds. The second kappa shape index (κ2) is 5.23. The summed E-state index contributed by atoms with van der Waals surface area (Å²) < 4.78 is 5.85. The van der Waals surface area contributed by atoms with Crippen LogP contribution in [-0.4, -0.2) is 18.0 Å². The molecule has 0 bridgehead atoms. The van der Waals surface area contributed by atoms with Crippen LogP contribution < -0.4 is 0 Å². The van der Waals surface area contributed by atoms with Crippen molar-refractivity contribution in [2.45, 2.75) is 52.1 Å². The highest BCUT2D eigenvalue weighted by Crippen LogP contribution is 2.37. The number of aryl methyl sites for hydroxylation is 1. The fraction of sp³-hybridized carbons (Fsp3) is 0.562. The van der Waals surface area contributed by atoms with Crippen LogP contribution in [0.25, 0.3) is 0 Å². The highest BCUT2D eigenvalue weighted by Gasteiger charge is 2.42. The third-order valence-electron chi connectivity index (χ3n) is 4.09. The molecule has 18 heavy (non-hydrogen) atoms. The molecule has 2 rings (SSSR count). The van der Waals surface area contributed by atoms with Gasteiger partial charge in [-0.15, -0.1) is 0 Å². The number of Topliss-reactive ketones (excluding diaryl/α,β-unsaturated/α-hetero) is 1. The maximum atomic E-state index is 12.8. The quantitative estimate of drug-likeness (QED) is 0.755. The second-order valence-electron chi connectivity index (χ2n) is 5.21. The number of rotatable bonds is 4. The summed E-state index contributed by atoms with van der Waals surface area (Å²) in [5, 5.41) is 0. The smallest absolute Gasteiger partial charge is 0.194 e. The Bertz CT molecular complexity index is 442. The molecule has 98 valence electrons. The number of carbonyl (C=O) groups is 1. The zero-order valence-corrected chi connectivity index (χ0v) is 11.6. The van der Waals surface area contributed by atoms with E-state index in [1.165, 1.54) is 5.56 Å². The van der Waals surface area contributed by atoms with Crippen LogP contribution in [0.3, 0.4) is 0 Å². The number of ether oxygens (including phenoxy) is 1. The van der Waals surface area contributed by atoms with Crippen LogP contribution in [0.5, 0.6) is 0 Å². The zero-order valence-electron chi connectivity index (χ0n) is 11.6. The largest absolute Gasteiger partial charge is 0.367 e. The van der Waals surface area contributed by atoms with E-state index in [0.717, 1.165) is 36.8 Å². The third kappa shape index (κ3) is 2.22. The van der Waals surface area contributed by atoms with Gasteiger partial charge in [-0.1, -0.05) is 18.2 Å². The fourth-order valence-electron chi connectivity index (χ4n) is 2.90. The van der Waals surface area contributed by atoms with Gasteiger partial charge in [0, 0.05) is 12.2 Å². The van der Waals surface area contributed by atoms with E-state index in [4.69, 9.17) is 4.74 Å². The van der Waals surface area contributed by atoms with Crippen LogP contribution in [0.15, 0.2) is 18.2 Å². The Morgan fingerprint density at radius 3 is 2.56 bits per heavy atom. The Kier molecular flexibility index (Phi) is 3.86. The molecule has 0 heterocycles. The van der Waals surface area contributed by atoms with Gasteiger partial charge in [0.05, 0.1) is 0 Å². The van der Waals surface area contributed by atoms with Crippen molar-refractivity contribution in [3.63, 3.8) is 0 Å². The Hall–Kier alpha value is -1.15. The summed E-state index contributed by atoms with van der Waals surface area (Å²) in [4.78, 5) is 12.8. The summed E-state index contributed by atoms with van der Waals surface area (Å²) in [5.41, 5.74) is 2.55. The van der Waals surface area contributed by atoms with Crippen molar-refractivity contribution < 1.29 is 9.53 Å². The number of hydrogen-bond acceptors (Lipinski definition) is 2. The third-order valence-corrected chi connectivity index (χ3v) is 4.09. The number of ketones is 1. The lowest BCUT2D eigenvalue weighted by atomic mass is 9.87. The van der Waals surface area contributed by atoms with Gasteiger partial charge in [-0.05, 0) is 57.6 Å². The summed E-state index contributed by atoms with van der Waals surface area (Å²) >= 11 is 0. The van der Waals surface area contributed by atoms with Gasteiger partial charge in [-0.25, -0.2) is 0 Å². The predicted molar refractivity (Wildman–Crippen MR) is 73.1 cm³/mol. The van der Waals surface area contributed by atoms with E-state index in [0.29, 0.717) is 6.61 Å². The predicted octanol–water partition coefficient (Wildman–Crippen LogP) is 3.84. The van der Waals surface area contributed by atoms with Crippen molar-refractivity contribution in [2.24, 2.45) is 0 Å². The lowest BCUT2D eigenvalue weighted by Crippen LogP contribution is -2.39. The van der Waals surface area contributed by atoms with Crippen LogP contribution in [0.2, 0.25) is 0 Å². The first-order valence-corrected chi connectivity index (χ1v) is 6.86. The Balaban J connectivity index is 2.37. The van der Waals surface area contributed by atoms with Crippen molar-refractivity contribution in [1.82, 2.24) is 0 Å². The fourth-order valence-corrected chi connectivity index (χ4v) is 2.90. The molecule has 1 fully saturated rings. The Labute approximate surface area is 109 Å². The minimum atomic E-state index is -0.548. The lowest BCUT2D eigenvalue weighted by Gasteiger charge is -2.28. The molecule has 0 unspecified atom stereocenters. The average Bonchev–Trinajstić information content (AvgIpc) is 2.82. The van der Waals surface area contributed by atoms with E-state index < -0.39 is 5.60 Å². The van der Waals surface area contributed by atoms with Gasteiger partial charge < -0.3 is 4.74 Å². The van der Waals surface area contributed by atoms with Crippen LogP contribution in [0.1, 0.15) is 54.1 Å². The molecule has 0 spiro atoms. The standard InChI is InChI=1S/C16H22O2/c1-4-18-16(10-5-6-11-16)15(17)14-9-7-8-12(2)13(14)3/h7-9H,4-6,10-11H2,1-3H3. The summed E-state index contributed by atoms with van der Waals surface area (Å²) in [6, 6.07) is 5.95. The van der Waals surface area contributed by atoms with Gasteiger partial charge in [0.25, 0.3) is 0 Å². The van der Waals surface area contributed by atoms with Crippen molar-refractivity contribution >= 4 is 5.78 Å². The second-order valence-corrected chi connectivity index (χ2v) is 5.21. The summed E-state index contributed by atoms with van der Waals surface area (Å²) in [6.45, 7) is 6.65. The molecule has 1 aromatic carbocycles. The molecule has 0 aliphatic heterocycles. The highest BCUT2D eigenvalue weighted by atomic mass is 16.5. The molecule has 1 saturated carbocycles. The normalized spacial score (nSPS) is 17.9. The molecule has 1 aliphatic carbocycles. The number of hydrogen-bond donors (Lipinski definition) is 0. The molecular weight excluding hydrogens is 224 g/mol. The molecule has 2 nitrogen and oxygen atoms in total. The monoisotopic (exact) mass is 246 g/mol. The topological polar surface area (TPSA) is 26.3 Å². The Morgan fingerprint density at radius 2 is 1.94 bits per heavy atom. The van der Waals surface area contributed by atoms with E-state index in [9.17, 15) is 4.79 Å². The van der Waals surface area contributed by atoms with E-state index in [2.05, 4.69) is 0 Å². The molecule has 1 aliphatic rings. The van der Waals surface area contributed by atoms with Crippen LogP contribution in [0, 0.1) is 13.8 Å². The van der Waals surface area contributed by atoms with Crippen molar-refractivity contribution in [3.8, 4) is 0 Å². The molecule has 1 aromatic rings. The SMILES string of the molecule is CCOC1(C(=O)c2cccc(C)c2C)CCCC1. The number of benzene rings is 1. The van der Waals surface area contributed by atoms with E-state index in [1.807, 2.05) is 39.0 Å². The van der Waals surface area contributed by atoms with Crippen LogP contribution in [-0.2, 0) is 4.74 Å². The first-order chi connectivity index (χ1) is 8.60. The zero-order chi connectivity index (χ0) is 13.2. The van der Waals surface area contributed by atoms with Gasteiger partial charge >= 0.3 is 0 Å². The van der Waals surface area contributed by atoms with Gasteiger partial charge in [0.15, 0.2) is 5.78 Å². The molecule has 0 radical (unpaired) electrons. The van der Waals surface area contributed by atoms with Crippen molar-refractivity contribution in [3.05, 3.63) is 34.9 Å². The van der Waals surface area contributed by atoms with E-state index >= 15 is 0 Å². The number of carbonyl (C=O) groups excluding carboxylic acids is 1. The van der Waals surface area contributed by atoms with Crippen LogP contribution >= 0.6 is 0 Å². The molecule has 0 saturated heterocycles. The first-order valence-electron chi connectivity index (χ1n) is 6.86. The van der Waals surface area contributed by atoms with Crippen LogP contribution in [0.4, 0.5) is 0 Å². The summed E-state index contributed by atoms with van der Waals surface area (Å²) in [6.07, 6.45) is 3.92. The highest BCUT2D eigenvalue weighted by molar-refractivity contribution is 6.04. The summed E-state index contributed by atoms with van der Waals surface area (Å²) in [7, 11) is 0. The minimum absolute atomic E-state index is 0.183. The van der Waals surface area contributed by atoms with Gasteiger partial charge in [-0.3, -0.25) is 4.79 Å². The Morgan fingerprint density at radius 1 is 1.28 bits per heavy atom. The van der Waals surface area contributed by atoms with E-state index in [1.54, 1.807) is 0 Å². The van der Waals surface area contributed by atoms with E-state index in [-0.39, 0.29) is 5.78 Å². The summed E-state index contributed by atoms with van der Waals surface area (Å²) in [5.74, 6) is 0.183. The van der Waals surface area contributed by atoms with Gasteiger partial charge in [-0.2, -0.15) is 0 Å². The lowest BCUT2D eigenvalue weighted by molar-refractivity contribution is -0.0164. The van der Waals surface area contributed by atoms with Gasteiger partial charge in [0.1, 0.15) is 5.60 Å². The average molecular weight is 246 g/mol. The molecular formula is C16H22O2. The maximum absolute atomic E-state index is 12.8. The minimum Gasteiger partial charge on any atom is -0.367 e. The van der Waals surface area contributed by atoms with Crippen molar-refractivity contribution in [1.29, 1.82) is 0 Å². The molecule has 0 N–H and O–H groups in total.